The fraction of sp³-hybridized carbons (Fsp3) is 0.318. The van der Waals surface area contributed by atoms with Crippen molar-refractivity contribution in [1.29, 1.82) is 0 Å². The minimum Gasteiger partial charge on any atom is -0.341 e. The number of hydrogen-bond donors (Lipinski definition) is 1. The summed E-state index contributed by atoms with van der Waals surface area (Å²) in [6.45, 7) is 4.51. The molecule has 1 saturated heterocycles. The van der Waals surface area contributed by atoms with Gasteiger partial charge in [-0.2, -0.15) is 0 Å². The monoisotopic (exact) mass is 390 g/mol. The molecule has 1 N–H and O–H groups in total. The van der Waals surface area contributed by atoms with Gasteiger partial charge in [0.1, 0.15) is 11.5 Å². The fourth-order valence-electron chi connectivity index (χ4n) is 4.03. The van der Waals surface area contributed by atoms with Crippen LogP contribution in [0.5, 0.6) is 0 Å². The number of nitrogens with zero attached hydrogens (tertiary/aromatic N) is 5. The van der Waals surface area contributed by atoms with Gasteiger partial charge < -0.3 is 14.6 Å². The molecule has 6 nitrogen and oxygen atoms in total. The maximum absolute atomic E-state index is 13.5. The number of rotatable bonds is 4. The molecule has 0 saturated carbocycles. The number of imidazole rings is 1. The Labute approximate surface area is 168 Å². The zero-order valence-electron chi connectivity index (χ0n) is 16.3. The summed E-state index contributed by atoms with van der Waals surface area (Å²) >= 11 is 0. The van der Waals surface area contributed by atoms with Crippen molar-refractivity contribution in [2.45, 2.75) is 32.4 Å². The minimum absolute atomic E-state index is 0.255. The number of benzene rings is 1. The molecule has 1 fully saturated rings. The fourth-order valence-corrected chi connectivity index (χ4v) is 4.03. The largest absolute Gasteiger partial charge is 0.341 e. The summed E-state index contributed by atoms with van der Waals surface area (Å²) in [7, 11) is 0. The molecule has 1 aliphatic heterocycles. The lowest BCUT2D eigenvalue weighted by molar-refractivity contribution is 0.409. The number of hydrogen-bond acceptors (Lipinski definition) is 5. The maximum atomic E-state index is 13.5. The number of aromatic nitrogens is 4. The van der Waals surface area contributed by atoms with Crippen LogP contribution in [0.3, 0.4) is 0 Å². The third-order valence-corrected chi connectivity index (χ3v) is 5.68. The highest BCUT2D eigenvalue weighted by Crippen LogP contribution is 2.22. The van der Waals surface area contributed by atoms with Crippen LogP contribution < -0.4 is 10.2 Å². The summed E-state index contributed by atoms with van der Waals surface area (Å²) in [4.78, 5) is 16.0. The molecule has 1 aromatic carbocycles. The van der Waals surface area contributed by atoms with E-state index in [2.05, 4.69) is 29.6 Å². The lowest BCUT2D eigenvalue weighted by Gasteiger charge is -2.32. The minimum atomic E-state index is -0.255. The highest BCUT2D eigenvalue weighted by Gasteiger charge is 2.21. The Kier molecular flexibility index (Phi) is 4.60. The number of nitrogens with one attached hydrogen (secondary N) is 1. The molecular formula is C22H23FN6. The van der Waals surface area contributed by atoms with E-state index >= 15 is 0 Å². The van der Waals surface area contributed by atoms with Gasteiger partial charge in [-0.1, -0.05) is 6.07 Å². The van der Waals surface area contributed by atoms with E-state index < -0.39 is 0 Å². The van der Waals surface area contributed by atoms with Gasteiger partial charge in [0, 0.05) is 37.3 Å². The summed E-state index contributed by atoms with van der Waals surface area (Å²) < 4.78 is 15.6. The van der Waals surface area contributed by atoms with Crippen molar-refractivity contribution >= 4 is 22.5 Å². The third-order valence-electron chi connectivity index (χ3n) is 5.68. The van der Waals surface area contributed by atoms with Crippen LogP contribution in [-0.4, -0.2) is 38.5 Å². The summed E-state index contributed by atoms with van der Waals surface area (Å²) in [5, 5.41) is 4.44. The topological polar surface area (TPSA) is 58.4 Å². The van der Waals surface area contributed by atoms with Gasteiger partial charge in [-0.05, 0) is 50.1 Å². The molecule has 29 heavy (non-hydrogen) atoms. The molecule has 5 rings (SSSR count). The van der Waals surface area contributed by atoms with E-state index in [9.17, 15) is 4.39 Å². The number of pyridine rings is 1. The van der Waals surface area contributed by atoms with Gasteiger partial charge in [0.2, 0.25) is 5.95 Å². The smallest absolute Gasteiger partial charge is 0.226 e. The van der Waals surface area contributed by atoms with Crippen molar-refractivity contribution in [2.75, 3.05) is 18.0 Å². The molecule has 0 aliphatic carbocycles. The summed E-state index contributed by atoms with van der Waals surface area (Å²) in [6.07, 6.45) is 6.04. The predicted molar refractivity (Wildman–Crippen MR) is 111 cm³/mol. The predicted octanol–water partition coefficient (Wildman–Crippen LogP) is 3.48. The standard InChI is InChI=1S/C22H23FN6/c1-15-19-12-16(23)5-6-20(19)27-22(26-15)28-10-7-17(8-11-28)24-13-18-14-25-21-4-2-3-9-29(18)21/h2-6,9,12,14,17,24H,7-8,10-11,13H2,1H3. The zero-order chi connectivity index (χ0) is 19.8. The van der Waals surface area contributed by atoms with E-state index in [1.54, 1.807) is 6.07 Å². The van der Waals surface area contributed by atoms with Gasteiger partial charge in [0.05, 0.1) is 23.1 Å². The van der Waals surface area contributed by atoms with E-state index in [0.717, 1.165) is 60.7 Å². The number of fused-ring (bicyclic) bond motifs is 2. The van der Waals surface area contributed by atoms with Gasteiger partial charge in [0.15, 0.2) is 0 Å². The Morgan fingerprint density at radius 1 is 1.14 bits per heavy atom. The lowest BCUT2D eigenvalue weighted by atomic mass is 10.1. The highest BCUT2D eigenvalue weighted by molar-refractivity contribution is 5.81. The van der Waals surface area contributed by atoms with Crippen LogP contribution in [0.1, 0.15) is 24.2 Å². The first-order chi connectivity index (χ1) is 14.2. The van der Waals surface area contributed by atoms with E-state index in [-0.39, 0.29) is 5.82 Å². The summed E-state index contributed by atoms with van der Waals surface area (Å²) in [6, 6.07) is 11.2. The van der Waals surface area contributed by atoms with Crippen molar-refractivity contribution in [3.8, 4) is 0 Å². The second-order valence-corrected chi connectivity index (χ2v) is 7.59. The van der Waals surface area contributed by atoms with Crippen LogP contribution in [0.2, 0.25) is 0 Å². The molecule has 0 amide bonds. The Hall–Kier alpha value is -3.06. The van der Waals surface area contributed by atoms with E-state index in [4.69, 9.17) is 0 Å². The van der Waals surface area contributed by atoms with E-state index in [1.165, 1.54) is 17.8 Å². The SMILES string of the molecule is Cc1nc(N2CCC(NCc3cnc4ccccn34)CC2)nc2ccc(F)cc12. The van der Waals surface area contributed by atoms with Gasteiger partial charge in [-0.3, -0.25) is 0 Å². The van der Waals surface area contributed by atoms with Gasteiger partial charge >= 0.3 is 0 Å². The molecule has 0 atom stereocenters. The van der Waals surface area contributed by atoms with Crippen molar-refractivity contribution in [2.24, 2.45) is 0 Å². The van der Waals surface area contributed by atoms with Crippen LogP contribution in [0, 0.1) is 12.7 Å². The molecule has 4 aromatic rings. The number of piperidine rings is 1. The second kappa shape index (κ2) is 7.40. The van der Waals surface area contributed by atoms with E-state index in [1.807, 2.05) is 37.5 Å². The first-order valence-electron chi connectivity index (χ1n) is 10.0. The Balaban J connectivity index is 1.23. The van der Waals surface area contributed by atoms with Crippen LogP contribution in [-0.2, 0) is 6.54 Å². The molecule has 0 unspecified atom stereocenters. The highest BCUT2D eigenvalue weighted by atomic mass is 19.1. The summed E-state index contributed by atoms with van der Waals surface area (Å²) in [5.74, 6) is 0.483. The third kappa shape index (κ3) is 3.53. The average molecular weight is 390 g/mol. The molecule has 3 aromatic heterocycles. The Morgan fingerprint density at radius 2 is 2.00 bits per heavy atom. The Bertz CT molecular complexity index is 1160. The second-order valence-electron chi connectivity index (χ2n) is 7.59. The molecule has 0 bridgehead atoms. The molecule has 0 radical (unpaired) electrons. The van der Waals surface area contributed by atoms with Crippen molar-refractivity contribution in [3.63, 3.8) is 0 Å². The first kappa shape index (κ1) is 18.0. The number of halogens is 1. The van der Waals surface area contributed by atoms with Crippen molar-refractivity contribution in [3.05, 3.63) is 66.0 Å². The van der Waals surface area contributed by atoms with Crippen LogP contribution in [0.25, 0.3) is 16.6 Å². The molecule has 148 valence electrons. The molecule has 0 spiro atoms. The van der Waals surface area contributed by atoms with Crippen molar-refractivity contribution in [1.82, 2.24) is 24.7 Å². The summed E-state index contributed by atoms with van der Waals surface area (Å²) in [5.41, 5.74) is 3.76. The molecule has 4 heterocycles. The molecular weight excluding hydrogens is 367 g/mol. The maximum Gasteiger partial charge on any atom is 0.226 e. The van der Waals surface area contributed by atoms with E-state index in [0.29, 0.717) is 6.04 Å². The van der Waals surface area contributed by atoms with Crippen LogP contribution >= 0.6 is 0 Å². The van der Waals surface area contributed by atoms with Gasteiger partial charge in [-0.25, -0.2) is 19.3 Å². The number of anilines is 1. The van der Waals surface area contributed by atoms with Gasteiger partial charge in [0.25, 0.3) is 0 Å². The lowest BCUT2D eigenvalue weighted by Crippen LogP contribution is -2.43. The molecule has 1 aliphatic rings. The average Bonchev–Trinajstić information content (AvgIpc) is 3.16. The zero-order valence-corrected chi connectivity index (χ0v) is 16.3. The molecule has 7 heteroatoms. The normalized spacial score (nSPS) is 15.4. The van der Waals surface area contributed by atoms with Crippen molar-refractivity contribution < 1.29 is 4.39 Å². The Morgan fingerprint density at radius 3 is 2.86 bits per heavy atom. The van der Waals surface area contributed by atoms with Crippen LogP contribution in [0.4, 0.5) is 10.3 Å². The quantitative estimate of drug-likeness (QED) is 0.578. The van der Waals surface area contributed by atoms with Gasteiger partial charge in [-0.15, -0.1) is 0 Å². The first-order valence-corrected chi connectivity index (χ1v) is 10.0. The number of aryl methyl sites for hydroxylation is 1. The van der Waals surface area contributed by atoms with Crippen LogP contribution in [0.15, 0.2) is 48.8 Å².